The Bertz CT molecular complexity index is 458. The maximum atomic E-state index is 11.1. The lowest BCUT2D eigenvalue weighted by molar-refractivity contribution is -0.138. The first kappa shape index (κ1) is 14.2. The van der Waals surface area contributed by atoms with Crippen molar-refractivity contribution < 1.29 is 14.6 Å². The Morgan fingerprint density at radius 3 is 2.74 bits per heavy atom. The van der Waals surface area contributed by atoms with Crippen molar-refractivity contribution >= 4 is 17.7 Å². The standard InChI is InChI=1S/C14H19NO3S/c1-18-12-3-2-10(9-4-6-19-7-5-9)8-11(12)13(15)14(16)17/h2-3,8-9,13H,4-7,15H2,1H3,(H,16,17). The maximum absolute atomic E-state index is 11.1. The summed E-state index contributed by atoms with van der Waals surface area (Å²) in [6.45, 7) is 0. The van der Waals surface area contributed by atoms with Crippen LogP contribution in [0.5, 0.6) is 5.75 Å². The average Bonchev–Trinajstić information content (AvgIpc) is 2.46. The minimum absolute atomic E-state index is 0.506. The second-order valence-electron chi connectivity index (χ2n) is 4.70. The molecule has 0 aromatic heterocycles. The van der Waals surface area contributed by atoms with Gasteiger partial charge in [-0.25, -0.2) is 0 Å². The van der Waals surface area contributed by atoms with Gasteiger partial charge >= 0.3 is 5.97 Å². The lowest BCUT2D eigenvalue weighted by Crippen LogP contribution is -2.22. The third kappa shape index (κ3) is 3.22. The van der Waals surface area contributed by atoms with Crippen molar-refractivity contribution in [2.45, 2.75) is 24.8 Å². The van der Waals surface area contributed by atoms with Gasteiger partial charge in [-0.3, -0.25) is 4.79 Å². The van der Waals surface area contributed by atoms with Crippen molar-refractivity contribution in [1.82, 2.24) is 0 Å². The Balaban J connectivity index is 2.31. The Morgan fingerprint density at radius 2 is 2.16 bits per heavy atom. The molecule has 1 unspecified atom stereocenters. The van der Waals surface area contributed by atoms with Gasteiger partial charge in [0.05, 0.1) is 7.11 Å². The van der Waals surface area contributed by atoms with E-state index in [-0.39, 0.29) is 0 Å². The molecule has 0 bridgehead atoms. The molecule has 1 aromatic rings. The van der Waals surface area contributed by atoms with Crippen LogP contribution in [0.4, 0.5) is 0 Å². The molecule has 0 aliphatic carbocycles. The topological polar surface area (TPSA) is 72.5 Å². The molecule has 0 amide bonds. The van der Waals surface area contributed by atoms with Gasteiger partial charge in [0.15, 0.2) is 0 Å². The van der Waals surface area contributed by atoms with Crippen molar-refractivity contribution in [1.29, 1.82) is 0 Å². The third-order valence-corrected chi connectivity index (χ3v) is 4.60. The molecule has 0 radical (unpaired) electrons. The minimum atomic E-state index is -1.03. The second-order valence-corrected chi connectivity index (χ2v) is 5.93. The number of aliphatic carboxylic acids is 1. The van der Waals surface area contributed by atoms with Crippen molar-refractivity contribution in [3.8, 4) is 5.75 Å². The van der Waals surface area contributed by atoms with Crippen LogP contribution in [0, 0.1) is 0 Å². The summed E-state index contributed by atoms with van der Waals surface area (Å²) in [5.74, 6) is 2.35. The predicted octanol–water partition coefficient (Wildman–Crippen LogP) is 2.39. The molecular formula is C14H19NO3S. The van der Waals surface area contributed by atoms with E-state index in [0.29, 0.717) is 17.2 Å². The van der Waals surface area contributed by atoms with Gasteiger partial charge in [-0.05, 0) is 48.0 Å². The van der Waals surface area contributed by atoms with Gasteiger partial charge in [0, 0.05) is 5.56 Å². The molecule has 1 atom stereocenters. The van der Waals surface area contributed by atoms with Gasteiger partial charge in [0.1, 0.15) is 11.8 Å². The molecule has 2 rings (SSSR count). The van der Waals surface area contributed by atoms with Crippen molar-refractivity contribution in [2.24, 2.45) is 5.73 Å². The van der Waals surface area contributed by atoms with Crippen molar-refractivity contribution in [3.63, 3.8) is 0 Å². The van der Waals surface area contributed by atoms with E-state index in [1.807, 2.05) is 30.0 Å². The number of carbonyl (C=O) groups is 1. The van der Waals surface area contributed by atoms with Crippen molar-refractivity contribution in [3.05, 3.63) is 29.3 Å². The number of methoxy groups -OCH3 is 1. The van der Waals surface area contributed by atoms with Crippen LogP contribution in [-0.2, 0) is 4.79 Å². The molecule has 0 spiro atoms. The second kappa shape index (κ2) is 6.30. The first-order valence-corrected chi connectivity index (χ1v) is 7.53. The zero-order chi connectivity index (χ0) is 13.8. The minimum Gasteiger partial charge on any atom is -0.496 e. The molecule has 1 aliphatic heterocycles. The fraction of sp³-hybridized carbons (Fsp3) is 0.500. The van der Waals surface area contributed by atoms with Gasteiger partial charge in [0.2, 0.25) is 0 Å². The van der Waals surface area contributed by atoms with Crippen LogP contribution in [0.25, 0.3) is 0 Å². The number of hydrogen-bond donors (Lipinski definition) is 2. The van der Waals surface area contributed by atoms with Gasteiger partial charge in [0.25, 0.3) is 0 Å². The lowest BCUT2D eigenvalue weighted by Gasteiger charge is -2.23. The van der Waals surface area contributed by atoms with E-state index in [1.54, 1.807) is 0 Å². The van der Waals surface area contributed by atoms with Gasteiger partial charge in [-0.1, -0.05) is 6.07 Å². The number of hydrogen-bond acceptors (Lipinski definition) is 4. The van der Waals surface area contributed by atoms with Crippen LogP contribution in [0.1, 0.15) is 35.9 Å². The SMILES string of the molecule is COc1ccc(C2CCSCC2)cc1C(N)C(=O)O. The van der Waals surface area contributed by atoms with Crippen LogP contribution >= 0.6 is 11.8 Å². The van der Waals surface area contributed by atoms with E-state index in [1.165, 1.54) is 12.7 Å². The average molecular weight is 281 g/mol. The van der Waals surface area contributed by atoms with Crippen LogP contribution in [-0.4, -0.2) is 29.7 Å². The smallest absolute Gasteiger partial charge is 0.325 e. The number of carboxylic acid groups (broad SMARTS) is 1. The fourth-order valence-electron chi connectivity index (χ4n) is 2.41. The number of benzene rings is 1. The molecule has 4 nitrogen and oxygen atoms in total. The van der Waals surface area contributed by atoms with E-state index < -0.39 is 12.0 Å². The number of carboxylic acids is 1. The predicted molar refractivity (Wildman–Crippen MR) is 76.9 cm³/mol. The lowest BCUT2D eigenvalue weighted by atomic mass is 9.90. The highest BCUT2D eigenvalue weighted by molar-refractivity contribution is 7.99. The summed E-state index contributed by atoms with van der Waals surface area (Å²) in [5.41, 5.74) is 7.46. The molecule has 0 saturated carbocycles. The molecule has 3 N–H and O–H groups in total. The molecular weight excluding hydrogens is 262 g/mol. The largest absolute Gasteiger partial charge is 0.496 e. The fourth-order valence-corrected chi connectivity index (χ4v) is 3.52. The summed E-state index contributed by atoms with van der Waals surface area (Å²) in [7, 11) is 1.53. The molecule has 1 fully saturated rings. The number of rotatable bonds is 4. The Morgan fingerprint density at radius 1 is 1.47 bits per heavy atom. The number of nitrogens with two attached hydrogens (primary N) is 1. The maximum Gasteiger partial charge on any atom is 0.325 e. The number of ether oxygens (including phenoxy) is 1. The summed E-state index contributed by atoms with van der Waals surface area (Å²) in [6, 6.07) is 4.72. The van der Waals surface area contributed by atoms with E-state index in [9.17, 15) is 4.79 Å². The van der Waals surface area contributed by atoms with Crippen LogP contribution in [0.15, 0.2) is 18.2 Å². The van der Waals surface area contributed by atoms with Crippen LogP contribution < -0.4 is 10.5 Å². The van der Waals surface area contributed by atoms with Gasteiger partial charge in [-0.15, -0.1) is 0 Å². The van der Waals surface area contributed by atoms with Gasteiger partial charge in [-0.2, -0.15) is 11.8 Å². The van der Waals surface area contributed by atoms with E-state index in [2.05, 4.69) is 0 Å². The van der Waals surface area contributed by atoms with Gasteiger partial charge < -0.3 is 15.6 Å². The Labute approximate surface area is 117 Å². The molecule has 1 heterocycles. The van der Waals surface area contributed by atoms with E-state index in [4.69, 9.17) is 15.6 Å². The van der Waals surface area contributed by atoms with Crippen molar-refractivity contribution in [2.75, 3.05) is 18.6 Å². The normalized spacial score (nSPS) is 18.0. The first-order chi connectivity index (χ1) is 9.13. The summed E-state index contributed by atoms with van der Waals surface area (Å²) in [6.07, 6.45) is 2.28. The molecule has 104 valence electrons. The molecule has 1 saturated heterocycles. The van der Waals surface area contributed by atoms with Crippen LogP contribution in [0.3, 0.4) is 0 Å². The number of thioether (sulfide) groups is 1. The summed E-state index contributed by atoms with van der Waals surface area (Å²) < 4.78 is 5.21. The van der Waals surface area contributed by atoms with Crippen LogP contribution in [0.2, 0.25) is 0 Å². The summed E-state index contributed by atoms with van der Waals surface area (Å²) >= 11 is 1.97. The Kier molecular flexibility index (Phi) is 4.71. The quantitative estimate of drug-likeness (QED) is 0.886. The molecule has 5 heteroatoms. The molecule has 1 aromatic carbocycles. The summed E-state index contributed by atoms with van der Waals surface area (Å²) in [5, 5.41) is 9.07. The Hall–Kier alpha value is -1.20. The highest BCUT2D eigenvalue weighted by atomic mass is 32.2. The summed E-state index contributed by atoms with van der Waals surface area (Å²) in [4.78, 5) is 11.1. The third-order valence-electron chi connectivity index (χ3n) is 3.55. The molecule has 1 aliphatic rings. The first-order valence-electron chi connectivity index (χ1n) is 6.37. The van der Waals surface area contributed by atoms with E-state index in [0.717, 1.165) is 24.3 Å². The molecule has 19 heavy (non-hydrogen) atoms. The highest BCUT2D eigenvalue weighted by Gasteiger charge is 2.22. The zero-order valence-corrected chi connectivity index (χ0v) is 11.8. The zero-order valence-electron chi connectivity index (χ0n) is 11.0. The highest BCUT2D eigenvalue weighted by Crippen LogP contribution is 2.35. The van der Waals surface area contributed by atoms with E-state index >= 15 is 0 Å². The monoisotopic (exact) mass is 281 g/mol.